The summed E-state index contributed by atoms with van der Waals surface area (Å²) in [6.07, 6.45) is 0.248. The number of aromatic nitrogens is 1. The van der Waals surface area contributed by atoms with E-state index in [4.69, 9.17) is 4.74 Å². The summed E-state index contributed by atoms with van der Waals surface area (Å²) in [6.45, 7) is 0.446. The van der Waals surface area contributed by atoms with E-state index in [1.807, 2.05) is 11.4 Å². The Kier molecular flexibility index (Phi) is 5.94. The number of ether oxygens (including phenoxy) is 1. The van der Waals surface area contributed by atoms with Gasteiger partial charge in [0.25, 0.3) is 5.91 Å². The van der Waals surface area contributed by atoms with Crippen LogP contribution in [0.3, 0.4) is 0 Å². The predicted octanol–water partition coefficient (Wildman–Crippen LogP) is 0.215. The minimum absolute atomic E-state index is 0.0895. The van der Waals surface area contributed by atoms with Gasteiger partial charge in [-0.25, -0.2) is 4.79 Å². The minimum atomic E-state index is -0.779. The molecular formula is C20H18N4O5. The zero-order valence-electron chi connectivity index (χ0n) is 15.5. The SMILES string of the molecule is COc1ccc2c(c1)C(=O)N(C[C@@H](C#Cc1cccc(=O)[nH]1)NC(=O)NC=O)C2. The first-order chi connectivity index (χ1) is 14.0. The van der Waals surface area contributed by atoms with Crippen LogP contribution in [0.4, 0.5) is 4.79 Å². The molecule has 1 aromatic heterocycles. The summed E-state index contributed by atoms with van der Waals surface area (Å²) in [6, 6.07) is 8.25. The highest BCUT2D eigenvalue weighted by atomic mass is 16.5. The second kappa shape index (κ2) is 8.75. The molecule has 9 nitrogen and oxygen atoms in total. The summed E-state index contributed by atoms with van der Waals surface area (Å²) >= 11 is 0. The van der Waals surface area contributed by atoms with Gasteiger partial charge in [0, 0.05) is 18.2 Å². The molecule has 0 bridgehead atoms. The highest BCUT2D eigenvalue weighted by Gasteiger charge is 2.29. The van der Waals surface area contributed by atoms with Crippen LogP contribution in [0.15, 0.2) is 41.2 Å². The number of imide groups is 1. The van der Waals surface area contributed by atoms with E-state index in [0.29, 0.717) is 23.6 Å². The Labute approximate surface area is 166 Å². The Bertz CT molecular complexity index is 1070. The van der Waals surface area contributed by atoms with Gasteiger partial charge in [-0.05, 0) is 29.7 Å². The number of carbonyl (C=O) groups is 3. The van der Waals surface area contributed by atoms with Crippen molar-refractivity contribution in [2.45, 2.75) is 12.6 Å². The lowest BCUT2D eigenvalue weighted by Crippen LogP contribution is -2.46. The first kappa shape index (κ1) is 19.7. The van der Waals surface area contributed by atoms with Gasteiger partial charge in [0.05, 0.1) is 19.3 Å². The molecule has 9 heteroatoms. The number of hydrogen-bond donors (Lipinski definition) is 3. The molecule has 0 unspecified atom stereocenters. The number of benzene rings is 1. The highest BCUT2D eigenvalue weighted by Crippen LogP contribution is 2.26. The Balaban J connectivity index is 1.80. The monoisotopic (exact) mass is 394 g/mol. The van der Waals surface area contributed by atoms with Crippen molar-refractivity contribution in [2.24, 2.45) is 0 Å². The van der Waals surface area contributed by atoms with Gasteiger partial charge in [0.15, 0.2) is 0 Å². The lowest BCUT2D eigenvalue weighted by atomic mass is 10.1. The standard InChI is InChI=1S/C20H18N4O5/c1-29-16-8-5-13-10-24(19(27)17(13)9-16)11-15(23-20(28)21-12-25)7-6-14-3-2-4-18(26)22-14/h2-5,8-9,12,15H,10-11H2,1H3,(H,22,26)(H2,21,23,25,28)/t15-/m1/s1. The van der Waals surface area contributed by atoms with Gasteiger partial charge >= 0.3 is 6.03 Å². The molecule has 3 N–H and O–H groups in total. The number of carbonyl (C=O) groups excluding carboxylic acids is 3. The van der Waals surface area contributed by atoms with E-state index in [1.54, 1.807) is 29.2 Å². The first-order valence-electron chi connectivity index (χ1n) is 8.68. The number of nitrogens with one attached hydrogen (secondary N) is 3. The van der Waals surface area contributed by atoms with E-state index in [2.05, 4.69) is 22.1 Å². The number of urea groups is 1. The summed E-state index contributed by atoms with van der Waals surface area (Å²) < 4.78 is 5.16. The molecule has 0 spiro atoms. The fourth-order valence-corrected chi connectivity index (χ4v) is 2.90. The summed E-state index contributed by atoms with van der Waals surface area (Å²) in [7, 11) is 1.52. The van der Waals surface area contributed by atoms with Crippen LogP contribution in [0.5, 0.6) is 5.75 Å². The maximum absolute atomic E-state index is 12.7. The minimum Gasteiger partial charge on any atom is -0.497 e. The van der Waals surface area contributed by atoms with Crippen molar-refractivity contribution in [3.05, 3.63) is 63.6 Å². The van der Waals surface area contributed by atoms with Crippen LogP contribution < -0.4 is 20.9 Å². The van der Waals surface area contributed by atoms with Crippen molar-refractivity contribution in [3.8, 4) is 17.6 Å². The molecular weight excluding hydrogens is 376 g/mol. The molecule has 2 heterocycles. The van der Waals surface area contributed by atoms with Crippen LogP contribution in [-0.2, 0) is 11.3 Å². The van der Waals surface area contributed by atoms with E-state index in [-0.39, 0.29) is 24.4 Å². The third kappa shape index (κ3) is 4.81. The Morgan fingerprint density at radius 1 is 1.34 bits per heavy atom. The Hall–Kier alpha value is -4.06. The van der Waals surface area contributed by atoms with Crippen molar-refractivity contribution in [1.82, 2.24) is 20.5 Å². The van der Waals surface area contributed by atoms with Gasteiger partial charge in [-0.1, -0.05) is 18.1 Å². The molecule has 0 radical (unpaired) electrons. The zero-order valence-corrected chi connectivity index (χ0v) is 15.5. The Morgan fingerprint density at radius 3 is 2.90 bits per heavy atom. The molecule has 0 saturated heterocycles. The third-order valence-corrected chi connectivity index (χ3v) is 4.24. The average molecular weight is 394 g/mol. The molecule has 3 rings (SSSR count). The van der Waals surface area contributed by atoms with E-state index in [0.717, 1.165) is 5.56 Å². The van der Waals surface area contributed by atoms with Gasteiger partial charge in [0.2, 0.25) is 12.0 Å². The summed E-state index contributed by atoms with van der Waals surface area (Å²) in [4.78, 5) is 50.5. The molecule has 1 aliphatic rings. The number of nitrogens with zero attached hydrogens (tertiary/aromatic N) is 1. The Morgan fingerprint density at radius 2 is 2.17 bits per heavy atom. The van der Waals surface area contributed by atoms with Gasteiger partial charge in [-0.15, -0.1) is 0 Å². The number of H-pyrrole nitrogens is 1. The summed E-state index contributed by atoms with van der Waals surface area (Å²) in [5, 5.41) is 4.51. The second-order valence-electron chi connectivity index (χ2n) is 6.20. The van der Waals surface area contributed by atoms with Crippen LogP contribution in [0.2, 0.25) is 0 Å². The lowest BCUT2D eigenvalue weighted by molar-refractivity contribution is -0.108. The van der Waals surface area contributed by atoms with Crippen molar-refractivity contribution in [1.29, 1.82) is 0 Å². The fraction of sp³-hybridized carbons (Fsp3) is 0.200. The van der Waals surface area contributed by atoms with E-state index < -0.39 is 12.1 Å². The van der Waals surface area contributed by atoms with Crippen molar-refractivity contribution in [2.75, 3.05) is 13.7 Å². The van der Waals surface area contributed by atoms with Gasteiger partial charge in [-0.2, -0.15) is 0 Å². The molecule has 1 atom stereocenters. The summed E-state index contributed by atoms with van der Waals surface area (Å²) in [5.41, 5.74) is 1.42. The van der Waals surface area contributed by atoms with E-state index in [1.165, 1.54) is 13.2 Å². The van der Waals surface area contributed by atoms with Crippen molar-refractivity contribution < 1.29 is 19.1 Å². The molecule has 4 amide bonds. The molecule has 0 saturated carbocycles. The number of fused-ring (bicyclic) bond motifs is 1. The molecule has 29 heavy (non-hydrogen) atoms. The fourth-order valence-electron chi connectivity index (χ4n) is 2.90. The largest absolute Gasteiger partial charge is 0.497 e. The highest BCUT2D eigenvalue weighted by molar-refractivity contribution is 5.98. The van der Waals surface area contributed by atoms with Crippen LogP contribution in [-0.4, -0.2) is 47.9 Å². The van der Waals surface area contributed by atoms with Crippen LogP contribution in [0, 0.1) is 11.8 Å². The van der Waals surface area contributed by atoms with Gasteiger partial charge in [-0.3, -0.25) is 19.7 Å². The number of amides is 4. The maximum Gasteiger partial charge on any atom is 0.322 e. The number of hydrogen-bond acceptors (Lipinski definition) is 5. The van der Waals surface area contributed by atoms with Crippen molar-refractivity contribution in [3.63, 3.8) is 0 Å². The normalized spacial score (nSPS) is 13.0. The molecule has 1 aromatic carbocycles. The smallest absolute Gasteiger partial charge is 0.322 e. The van der Waals surface area contributed by atoms with E-state index >= 15 is 0 Å². The van der Waals surface area contributed by atoms with Crippen LogP contribution in [0.1, 0.15) is 21.6 Å². The molecule has 2 aromatic rings. The molecule has 0 fully saturated rings. The number of aromatic amines is 1. The number of rotatable bonds is 5. The predicted molar refractivity (Wildman–Crippen MR) is 103 cm³/mol. The van der Waals surface area contributed by atoms with Gasteiger partial charge in [0.1, 0.15) is 11.8 Å². The van der Waals surface area contributed by atoms with Crippen LogP contribution in [0.25, 0.3) is 0 Å². The molecule has 148 valence electrons. The lowest BCUT2D eigenvalue weighted by Gasteiger charge is -2.20. The third-order valence-electron chi connectivity index (χ3n) is 4.24. The first-order valence-corrected chi connectivity index (χ1v) is 8.68. The van der Waals surface area contributed by atoms with Gasteiger partial charge < -0.3 is 19.9 Å². The molecule has 1 aliphatic heterocycles. The second-order valence-corrected chi connectivity index (χ2v) is 6.20. The van der Waals surface area contributed by atoms with E-state index in [9.17, 15) is 19.2 Å². The average Bonchev–Trinajstić information content (AvgIpc) is 3.01. The van der Waals surface area contributed by atoms with Crippen LogP contribution >= 0.6 is 0 Å². The zero-order chi connectivity index (χ0) is 20.8. The maximum atomic E-state index is 12.7. The number of pyridine rings is 1. The number of methoxy groups -OCH3 is 1. The summed E-state index contributed by atoms with van der Waals surface area (Å²) in [5.74, 6) is 5.95. The molecule has 0 aliphatic carbocycles. The topological polar surface area (TPSA) is 121 Å². The van der Waals surface area contributed by atoms with Crippen molar-refractivity contribution >= 4 is 18.3 Å². The quantitative estimate of drug-likeness (QED) is 0.495.